The second-order valence-electron chi connectivity index (χ2n) is 4.44. The van der Waals surface area contributed by atoms with Gasteiger partial charge in [-0.15, -0.1) is 0 Å². The first-order valence-electron chi connectivity index (χ1n) is 5.49. The molecule has 1 aromatic carbocycles. The molecule has 0 aliphatic rings. The maximum atomic E-state index is 12.5. The van der Waals surface area contributed by atoms with E-state index >= 15 is 0 Å². The van der Waals surface area contributed by atoms with Crippen molar-refractivity contribution in [1.29, 1.82) is 0 Å². The first kappa shape index (κ1) is 16.3. The molecule has 0 aromatic heterocycles. The minimum absolute atomic E-state index is 0.254. The van der Waals surface area contributed by atoms with E-state index in [0.29, 0.717) is 5.56 Å². The molecule has 0 spiro atoms. The summed E-state index contributed by atoms with van der Waals surface area (Å²) < 4.78 is 37.6. The molecule has 0 amide bonds. The van der Waals surface area contributed by atoms with Crippen LogP contribution in [0.2, 0.25) is 5.02 Å². The summed E-state index contributed by atoms with van der Waals surface area (Å²) in [5.41, 5.74) is -0.458. The Labute approximate surface area is 106 Å². The van der Waals surface area contributed by atoms with Gasteiger partial charge >= 0.3 is 6.18 Å². The molecule has 1 rings (SSSR count). The van der Waals surface area contributed by atoms with E-state index in [9.17, 15) is 13.2 Å². The summed E-state index contributed by atoms with van der Waals surface area (Å²) in [5, 5.41) is -0.254. The van der Waals surface area contributed by atoms with Gasteiger partial charge in [-0.25, -0.2) is 0 Å². The maximum absolute atomic E-state index is 12.5. The Morgan fingerprint density at radius 1 is 1.00 bits per heavy atom. The Hall–Kier alpha value is -0.700. The van der Waals surface area contributed by atoms with Gasteiger partial charge in [0.05, 0.1) is 10.6 Å². The van der Waals surface area contributed by atoms with Crippen molar-refractivity contribution in [2.24, 2.45) is 0 Å². The van der Waals surface area contributed by atoms with Crippen molar-refractivity contribution in [1.82, 2.24) is 0 Å². The molecule has 0 saturated carbocycles. The lowest BCUT2D eigenvalue weighted by Crippen LogP contribution is -2.14. The molecule has 98 valence electrons. The number of rotatable bonds is 0. The van der Waals surface area contributed by atoms with Crippen LogP contribution >= 0.6 is 11.6 Å². The summed E-state index contributed by atoms with van der Waals surface area (Å²) in [6.45, 7) is 9.57. The first-order valence-corrected chi connectivity index (χ1v) is 5.87. The quantitative estimate of drug-likeness (QED) is 0.566. The SMILES string of the molecule is CC.CC(C)(C)c1ccc(Cl)c(C(F)(F)F)c1. The highest BCUT2D eigenvalue weighted by Crippen LogP contribution is 2.37. The van der Waals surface area contributed by atoms with Crippen molar-refractivity contribution in [2.75, 3.05) is 0 Å². The molecule has 0 atom stereocenters. The monoisotopic (exact) mass is 266 g/mol. The number of benzene rings is 1. The second kappa shape index (κ2) is 5.76. The van der Waals surface area contributed by atoms with E-state index < -0.39 is 11.7 Å². The summed E-state index contributed by atoms with van der Waals surface area (Å²) in [6.07, 6.45) is -4.39. The van der Waals surface area contributed by atoms with E-state index in [1.165, 1.54) is 6.07 Å². The van der Waals surface area contributed by atoms with Crippen LogP contribution in [0.3, 0.4) is 0 Å². The van der Waals surface area contributed by atoms with Crippen LogP contribution in [0.4, 0.5) is 13.2 Å². The van der Waals surface area contributed by atoms with E-state index in [4.69, 9.17) is 11.6 Å². The average Bonchev–Trinajstić information content (AvgIpc) is 2.17. The lowest BCUT2D eigenvalue weighted by Gasteiger charge is -2.21. The molecular formula is C13H18ClF3. The molecule has 17 heavy (non-hydrogen) atoms. The van der Waals surface area contributed by atoms with Crippen molar-refractivity contribution < 1.29 is 13.2 Å². The lowest BCUT2D eigenvalue weighted by atomic mass is 9.86. The van der Waals surface area contributed by atoms with E-state index in [2.05, 4.69) is 0 Å². The van der Waals surface area contributed by atoms with Crippen LogP contribution in [0.5, 0.6) is 0 Å². The van der Waals surface area contributed by atoms with Crippen LogP contribution in [-0.4, -0.2) is 0 Å². The largest absolute Gasteiger partial charge is 0.417 e. The molecule has 0 aliphatic heterocycles. The van der Waals surface area contributed by atoms with Gasteiger partial charge in [0.25, 0.3) is 0 Å². The van der Waals surface area contributed by atoms with Crippen molar-refractivity contribution in [2.45, 2.75) is 46.2 Å². The molecule has 4 heteroatoms. The summed E-state index contributed by atoms with van der Waals surface area (Å²) >= 11 is 5.51. The van der Waals surface area contributed by atoms with Crippen LogP contribution in [0, 0.1) is 0 Å². The maximum Gasteiger partial charge on any atom is 0.417 e. The molecule has 0 fully saturated rings. The minimum Gasteiger partial charge on any atom is -0.166 e. The van der Waals surface area contributed by atoms with Gasteiger partial charge < -0.3 is 0 Å². The molecule has 0 unspecified atom stereocenters. The van der Waals surface area contributed by atoms with Crippen LogP contribution < -0.4 is 0 Å². The van der Waals surface area contributed by atoms with Crippen molar-refractivity contribution in [3.63, 3.8) is 0 Å². The van der Waals surface area contributed by atoms with Gasteiger partial charge in [-0.2, -0.15) is 13.2 Å². The van der Waals surface area contributed by atoms with E-state index in [1.807, 2.05) is 34.6 Å². The lowest BCUT2D eigenvalue weighted by molar-refractivity contribution is -0.137. The summed E-state index contributed by atoms with van der Waals surface area (Å²) in [5.74, 6) is 0. The highest BCUT2D eigenvalue weighted by Gasteiger charge is 2.34. The highest BCUT2D eigenvalue weighted by atomic mass is 35.5. The van der Waals surface area contributed by atoms with Gasteiger partial charge in [-0.05, 0) is 23.1 Å². The Morgan fingerprint density at radius 2 is 1.47 bits per heavy atom. The van der Waals surface area contributed by atoms with Gasteiger partial charge in [-0.3, -0.25) is 0 Å². The summed E-state index contributed by atoms with van der Waals surface area (Å²) in [4.78, 5) is 0. The Balaban J connectivity index is 0.00000121. The van der Waals surface area contributed by atoms with Gasteiger partial charge in [-0.1, -0.05) is 52.3 Å². The summed E-state index contributed by atoms with van der Waals surface area (Å²) in [6, 6.07) is 4.03. The predicted octanol–water partition coefficient (Wildman–Crippen LogP) is 5.68. The van der Waals surface area contributed by atoms with E-state index in [1.54, 1.807) is 6.07 Å². The van der Waals surface area contributed by atoms with Crippen LogP contribution in [0.25, 0.3) is 0 Å². The zero-order valence-electron chi connectivity index (χ0n) is 10.7. The topological polar surface area (TPSA) is 0 Å². The molecule has 0 radical (unpaired) electrons. The number of alkyl halides is 3. The molecule has 0 saturated heterocycles. The molecule has 0 heterocycles. The number of hydrogen-bond donors (Lipinski definition) is 0. The molecule has 0 aliphatic carbocycles. The van der Waals surface area contributed by atoms with Gasteiger partial charge in [0.1, 0.15) is 0 Å². The molecule has 0 nitrogen and oxygen atoms in total. The van der Waals surface area contributed by atoms with E-state index in [0.717, 1.165) is 6.07 Å². The molecule has 0 bridgehead atoms. The smallest absolute Gasteiger partial charge is 0.166 e. The normalized spacial score (nSPS) is 11.8. The predicted molar refractivity (Wildman–Crippen MR) is 66.5 cm³/mol. The fraction of sp³-hybridized carbons (Fsp3) is 0.538. The van der Waals surface area contributed by atoms with Crippen LogP contribution in [0.1, 0.15) is 45.7 Å². The Bertz CT molecular complexity index is 362. The standard InChI is InChI=1S/C11H12ClF3.C2H6/c1-10(2,3)7-4-5-9(12)8(6-7)11(13,14)15;1-2/h4-6H,1-3H3;1-2H3. The van der Waals surface area contributed by atoms with Gasteiger partial charge in [0, 0.05) is 0 Å². The third kappa shape index (κ3) is 4.58. The summed E-state index contributed by atoms with van der Waals surface area (Å²) in [7, 11) is 0. The molecular weight excluding hydrogens is 249 g/mol. The Kier molecular flexibility index (Phi) is 5.53. The zero-order valence-corrected chi connectivity index (χ0v) is 11.5. The third-order valence-electron chi connectivity index (χ3n) is 2.14. The van der Waals surface area contributed by atoms with Crippen molar-refractivity contribution >= 4 is 11.6 Å². The molecule has 0 N–H and O–H groups in total. The first-order chi connectivity index (χ1) is 7.62. The minimum atomic E-state index is -4.39. The van der Waals surface area contributed by atoms with Crippen molar-refractivity contribution in [3.8, 4) is 0 Å². The highest BCUT2D eigenvalue weighted by molar-refractivity contribution is 6.31. The Morgan fingerprint density at radius 3 is 1.82 bits per heavy atom. The number of hydrogen-bond acceptors (Lipinski definition) is 0. The van der Waals surface area contributed by atoms with Crippen LogP contribution in [-0.2, 0) is 11.6 Å². The third-order valence-corrected chi connectivity index (χ3v) is 2.47. The van der Waals surface area contributed by atoms with Gasteiger partial charge in [0.2, 0.25) is 0 Å². The fourth-order valence-electron chi connectivity index (χ4n) is 1.21. The van der Waals surface area contributed by atoms with Crippen molar-refractivity contribution in [3.05, 3.63) is 34.3 Å². The fourth-order valence-corrected chi connectivity index (χ4v) is 1.43. The average molecular weight is 267 g/mol. The van der Waals surface area contributed by atoms with Crippen LogP contribution in [0.15, 0.2) is 18.2 Å². The second-order valence-corrected chi connectivity index (χ2v) is 4.85. The number of halogens is 4. The van der Waals surface area contributed by atoms with Gasteiger partial charge in [0.15, 0.2) is 0 Å². The zero-order chi connectivity index (χ0) is 13.9. The molecule has 1 aromatic rings. The van der Waals surface area contributed by atoms with E-state index in [-0.39, 0.29) is 10.4 Å².